The number of rotatable bonds is 16. The molecule has 0 unspecified atom stereocenters. The summed E-state index contributed by atoms with van der Waals surface area (Å²) in [5.74, 6) is 0. The van der Waals surface area contributed by atoms with Crippen molar-refractivity contribution in [1.29, 1.82) is 0 Å². The first-order valence-electron chi connectivity index (χ1n) is 8.41. The zero-order valence-electron chi connectivity index (χ0n) is 15.5. The number of likely N-dealkylation sites (N-methyl/N-ethyl adjacent to an activating group) is 1. The minimum atomic E-state index is 0.0483. The van der Waals surface area contributed by atoms with Gasteiger partial charge in [0.15, 0.2) is 0 Å². The molecule has 0 aliphatic rings. The van der Waals surface area contributed by atoms with Crippen molar-refractivity contribution in [1.82, 2.24) is 10.2 Å². The van der Waals surface area contributed by atoms with Gasteiger partial charge >= 0.3 is 0 Å². The van der Waals surface area contributed by atoms with Crippen molar-refractivity contribution in [2.24, 2.45) is 0 Å². The van der Waals surface area contributed by atoms with E-state index in [0.29, 0.717) is 65.4 Å². The zero-order valence-corrected chi connectivity index (χ0v) is 16.4. The van der Waals surface area contributed by atoms with Crippen molar-refractivity contribution >= 4 is 17.0 Å². The van der Waals surface area contributed by atoms with Gasteiger partial charge in [-0.05, 0) is 6.26 Å². The van der Waals surface area contributed by atoms with E-state index in [1.54, 1.807) is 18.2 Å². The highest BCUT2D eigenvalue weighted by Gasteiger charge is 2.05. The van der Waals surface area contributed by atoms with Crippen LogP contribution < -0.4 is 5.32 Å². The van der Waals surface area contributed by atoms with Gasteiger partial charge in [0.05, 0.1) is 52.9 Å². The molecule has 0 saturated heterocycles. The molecule has 0 radical (unpaired) electrons. The van der Waals surface area contributed by atoms with Gasteiger partial charge in [-0.1, -0.05) is 25.6 Å². The summed E-state index contributed by atoms with van der Waals surface area (Å²) in [7, 11) is 1.76. The standard InChI is InChI=1S/C16H34N2O5S/c1-15(2)17-5-7-20-9-11-22-13-14-23-12-10-21-8-6-18(3)16(19)24-4/h15,17H,5-14H2,1-4H3. The van der Waals surface area contributed by atoms with Crippen molar-refractivity contribution in [2.45, 2.75) is 19.9 Å². The molecule has 0 atom stereocenters. The first kappa shape index (κ1) is 23.6. The summed E-state index contributed by atoms with van der Waals surface area (Å²) in [5.41, 5.74) is 0. The topological polar surface area (TPSA) is 69.3 Å². The maximum atomic E-state index is 11.3. The lowest BCUT2D eigenvalue weighted by atomic mass is 10.4. The van der Waals surface area contributed by atoms with Gasteiger partial charge in [-0.3, -0.25) is 4.79 Å². The van der Waals surface area contributed by atoms with E-state index < -0.39 is 0 Å². The van der Waals surface area contributed by atoms with E-state index in [0.717, 1.165) is 6.54 Å². The summed E-state index contributed by atoms with van der Waals surface area (Å²) >= 11 is 1.20. The predicted molar refractivity (Wildman–Crippen MR) is 98.0 cm³/mol. The Balaban J connectivity index is 3.11. The Kier molecular flexibility index (Phi) is 17.2. The Morgan fingerprint density at radius 1 is 0.917 bits per heavy atom. The number of nitrogens with zero attached hydrogens (tertiary/aromatic N) is 1. The lowest BCUT2D eigenvalue weighted by Crippen LogP contribution is -2.27. The molecule has 0 aromatic rings. The third-order valence-corrected chi connectivity index (χ3v) is 3.63. The predicted octanol–water partition coefficient (Wildman–Crippen LogP) is 1.47. The van der Waals surface area contributed by atoms with E-state index in [9.17, 15) is 4.79 Å². The van der Waals surface area contributed by atoms with Gasteiger partial charge in [-0.15, -0.1) is 0 Å². The molecule has 1 N–H and O–H groups in total. The van der Waals surface area contributed by atoms with Crippen LogP contribution >= 0.6 is 11.8 Å². The fraction of sp³-hybridized carbons (Fsp3) is 0.938. The first-order chi connectivity index (χ1) is 11.6. The monoisotopic (exact) mass is 366 g/mol. The Morgan fingerprint density at radius 2 is 1.38 bits per heavy atom. The number of ether oxygens (including phenoxy) is 4. The maximum Gasteiger partial charge on any atom is 0.281 e. The number of carbonyl (C=O) groups excluding carboxylic acids is 1. The molecule has 0 bridgehead atoms. The number of carbonyl (C=O) groups is 1. The Hall–Kier alpha value is -0.380. The molecule has 1 amide bonds. The van der Waals surface area contributed by atoms with Gasteiger partial charge in [-0.25, -0.2) is 0 Å². The molecule has 0 aliphatic carbocycles. The minimum Gasteiger partial charge on any atom is -0.378 e. The molecule has 0 fully saturated rings. The molecule has 0 spiro atoms. The van der Waals surface area contributed by atoms with Crippen LogP contribution in [0.15, 0.2) is 0 Å². The van der Waals surface area contributed by atoms with Crippen LogP contribution in [0.2, 0.25) is 0 Å². The number of thioether (sulfide) groups is 1. The zero-order chi connectivity index (χ0) is 18.0. The van der Waals surface area contributed by atoms with Gasteiger partial charge in [0.25, 0.3) is 5.24 Å². The second kappa shape index (κ2) is 17.4. The van der Waals surface area contributed by atoms with Crippen LogP contribution in [0.4, 0.5) is 4.79 Å². The van der Waals surface area contributed by atoms with Crippen LogP contribution in [-0.4, -0.2) is 95.4 Å². The van der Waals surface area contributed by atoms with E-state index in [2.05, 4.69) is 19.2 Å². The van der Waals surface area contributed by atoms with Crippen molar-refractivity contribution in [2.75, 3.05) is 79.2 Å². The molecule has 0 saturated carbocycles. The fourth-order valence-electron chi connectivity index (χ4n) is 1.63. The number of nitrogens with one attached hydrogen (secondary N) is 1. The second-order valence-corrected chi connectivity index (χ2v) is 6.21. The summed E-state index contributed by atoms with van der Waals surface area (Å²) in [5, 5.41) is 3.33. The van der Waals surface area contributed by atoms with Gasteiger partial charge in [0, 0.05) is 26.2 Å². The number of amides is 1. The van der Waals surface area contributed by atoms with Gasteiger partial charge in [0.2, 0.25) is 0 Å². The second-order valence-electron chi connectivity index (χ2n) is 5.45. The summed E-state index contributed by atoms with van der Waals surface area (Å²) < 4.78 is 21.6. The summed E-state index contributed by atoms with van der Waals surface area (Å²) in [6.45, 7) is 10.2. The quantitative estimate of drug-likeness (QED) is 0.415. The minimum absolute atomic E-state index is 0.0483. The van der Waals surface area contributed by atoms with Gasteiger partial charge < -0.3 is 29.2 Å². The Morgan fingerprint density at radius 3 is 1.83 bits per heavy atom. The van der Waals surface area contributed by atoms with E-state index in [4.69, 9.17) is 18.9 Å². The van der Waals surface area contributed by atoms with E-state index >= 15 is 0 Å². The third kappa shape index (κ3) is 16.5. The van der Waals surface area contributed by atoms with Crippen molar-refractivity contribution in [3.05, 3.63) is 0 Å². The Bertz CT molecular complexity index is 296. The molecular weight excluding hydrogens is 332 g/mol. The Labute approximate surface area is 150 Å². The molecule has 144 valence electrons. The highest BCUT2D eigenvalue weighted by Crippen LogP contribution is 2.00. The fourth-order valence-corrected chi connectivity index (χ4v) is 2.03. The van der Waals surface area contributed by atoms with Crippen LogP contribution in [-0.2, 0) is 18.9 Å². The molecule has 0 aliphatic heterocycles. The smallest absolute Gasteiger partial charge is 0.281 e. The molecule has 0 rings (SSSR count). The van der Waals surface area contributed by atoms with Crippen molar-refractivity contribution < 1.29 is 23.7 Å². The van der Waals surface area contributed by atoms with Crippen LogP contribution in [0, 0.1) is 0 Å². The molecule has 7 nitrogen and oxygen atoms in total. The summed E-state index contributed by atoms with van der Waals surface area (Å²) in [6.07, 6.45) is 1.77. The van der Waals surface area contributed by atoms with E-state index in [1.807, 2.05) is 0 Å². The highest BCUT2D eigenvalue weighted by molar-refractivity contribution is 8.12. The van der Waals surface area contributed by atoms with Gasteiger partial charge in [0.1, 0.15) is 0 Å². The molecular formula is C16H34N2O5S. The van der Waals surface area contributed by atoms with E-state index in [-0.39, 0.29) is 5.24 Å². The average Bonchev–Trinajstić information content (AvgIpc) is 2.57. The van der Waals surface area contributed by atoms with Crippen LogP contribution in [0.25, 0.3) is 0 Å². The molecule has 0 heterocycles. The lowest BCUT2D eigenvalue weighted by molar-refractivity contribution is -0.00231. The first-order valence-corrected chi connectivity index (χ1v) is 9.63. The normalized spacial score (nSPS) is 11.2. The molecule has 8 heteroatoms. The van der Waals surface area contributed by atoms with Crippen molar-refractivity contribution in [3.8, 4) is 0 Å². The molecule has 0 aromatic heterocycles. The lowest BCUT2D eigenvalue weighted by Gasteiger charge is -2.15. The average molecular weight is 367 g/mol. The molecule has 0 aromatic carbocycles. The SMILES string of the molecule is CSC(=O)N(C)CCOCCOCCOCCOCCNC(C)C. The van der Waals surface area contributed by atoms with Crippen LogP contribution in [0.1, 0.15) is 13.8 Å². The van der Waals surface area contributed by atoms with Gasteiger partial charge in [-0.2, -0.15) is 0 Å². The number of hydrogen-bond acceptors (Lipinski definition) is 7. The summed E-state index contributed by atoms with van der Waals surface area (Å²) in [6, 6.07) is 0.490. The van der Waals surface area contributed by atoms with Crippen LogP contribution in [0.3, 0.4) is 0 Å². The van der Waals surface area contributed by atoms with Crippen molar-refractivity contribution in [3.63, 3.8) is 0 Å². The van der Waals surface area contributed by atoms with E-state index in [1.165, 1.54) is 11.8 Å². The summed E-state index contributed by atoms with van der Waals surface area (Å²) in [4.78, 5) is 12.9. The molecule has 24 heavy (non-hydrogen) atoms. The third-order valence-electron chi connectivity index (χ3n) is 2.97. The van der Waals surface area contributed by atoms with Crippen LogP contribution in [0.5, 0.6) is 0 Å². The maximum absolute atomic E-state index is 11.3. The highest BCUT2D eigenvalue weighted by atomic mass is 32.2. The largest absolute Gasteiger partial charge is 0.378 e. The number of hydrogen-bond donors (Lipinski definition) is 1.